The summed E-state index contributed by atoms with van der Waals surface area (Å²) in [4.78, 5) is 23.5. The Morgan fingerprint density at radius 2 is 2.10 bits per heavy atom. The molecule has 0 radical (unpaired) electrons. The van der Waals surface area contributed by atoms with Gasteiger partial charge < -0.3 is 15.2 Å². The van der Waals surface area contributed by atoms with Crippen LogP contribution in [0.25, 0.3) is 0 Å². The van der Waals surface area contributed by atoms with E-state index in [0.717, 1.165) is 6.42 Å². The van der Waals surface area contributed by atoms with E-state index in [1.807, 2.05) is 0 Å². The van der Waals surface area contributed by atoms with E-state index in [1.165, 1.54) is 0 Å². The van der Waals surface area contributed by atoms with Gasteiger partial charge in [0, 0.05) is 0 Å². The van der Waals surface area contributed by atoms with Crippen molar-refractivity contribution in [3.63, 3.8) is 0 Å². The molecule has 1 amide bonds. The molecule has 2 N–H and O–H groups in total. The summed E-state index contributed by atoms with van der Waals surface area (Å²) in [7, 11) is 0. The molecule has 1 fully saturated rings. The molecule has 5 heteroatoms. The number of carboxylic acids is 1. The van der Waals surface area contributed by atoms with Crippen molar-refractivity contribution < 1.29 is 19.4 Å². The largest absolute Gasteiger partial charge is 0.489 e. The Morgan fingerprint density at radius 3 is 2.65 bits per heavy atom. The minimum absolute atomic E-state index is 0.286. The Hall–Kier alpha value is -2.30. The van der Waals surface area contributed by atoms with Crippen LogP contribution in [0.3, 0.4) is 0 Å². The molecule has 0 atom stereocenters. The summed E-state index contributed by atoms with van der Waals surface area (Å²) >= 11 is 0. The first-order valence-corrected chi connectivity index (χ1v) is 6.48. The topological polar surface area (TPSA) is 75.6 Å². The van der Waals surface area contributed by atoms with Crippen LogP contribution in [0.5, 0.6) is 5.75 Å². The van der Waals surface area contributed by atoms with Gasteiger partial charge in [0.15, 0.2) is 0 Å². The zero-order valence-corrected chi connectivity index (χ0v) is 11.1. The minimum atomic E-state index is -1.12. The molecule has 5 nitrogen and oxygen atoms in total. The Morgan fingerprint density at radius 1 is 1.40 bits per heavy atom. The standard InChI is InChI=1S/C15H17NO4/c1-2-10-20-12-7-4-3-6-11(12)13(17)16-15(14(18)19)8-5-9-15/h2-4,6-7H,1,5,8-10H2,(H,16,17)(H,18,19). The molecule has 0 aliphatic heterocycles. The third-order valence-electron chi connectivity index (χ3n) is 3.46. The van der Waals surface area contributed by atoms with Gasteiger partial charge in [-0.25, -0.2) is 4.79 Å². The highest BCUT2D eigenvalue weighted by atomic mass is 16.5. The lowest BCUT2D eigenvalue weighted by Gasteiger charge is -2.38. The Kier molecular flexibility index (Phi) is 4.08. The average molecular weight is 275 g/mol. The molecule has 1 saturated carbocycles. The monoisotopic (exact) mass is 275 g/mol. The van der Waals surface area contributed by atoms with Crippen LogP contribution < -0.4 is 10.1 Å². The number of rotatable bonds is 6. The number of ether oxygens (including phenoxy) is 1. The van der Waals surface area contributed by atoms with Gasteiger partial charge in [-0.3, -0.25) is 4.79 Å². The van der Waals surface area contributed by atoms with E-state index < -0.39 is 17.4 Å². The smallest absolute Gasteiger partial charge is 0.329 e. The zero-order chi connectivity index (χ0) is 14.6. The number of carboxylic acid groups (broad SMARTS) is 1. The number of benzene rings is 1. The number of carbonyl (C=O) groups excluding carboxylic acids is 1. The number of hydrogen-bond donors (Lipinski definition) is 2. The predicted octanol–water partition coefficient (Wildman–Crippen LogP) is 1.99. The third-order valence-corrected chi connectivity index (χ3v) is 3.46. The van der Waals surface area contributed by atoms with Crippen molar-refractivity contribution in [3.8, 4) is 5.75 Å². The summed E-state index contributed by atoms with van der Waals surface area (Å²) in [6, 6.07) is 6.75. The number of nitrogens with one attached hydrogen (secondary N) is 1. The fourth-order valence-electron chi connectivity index (χ4n) is 2.14. The molecule has 0 aromatic heterocycles. The average Bonchev–Trinajstić information content (AvgIpc) is 2.40. The number of hydrogen-bond acceptors (Lipinski definition) is 3. The molecule has 20 heavy (non-hydrogen) atoms. The van der Waals surface area contributed by atoms with Crippen molar-refractivity contribution in [3.05, 3.63) is 42.5 Å². The van der Waals surface area contributed by atoms with E-state index in [9.17, 15) is 14.7 Å². The summed E-state index contributed by atoms with van der Waals surface area (Å²) in [5, 5.41) is 11.8. The summed E-state index contributed by atoms with van der Waals surface area (Å²) in [6.07, 6.45) is 3.31. The van der Waals surface area contributed by atoms with E-state index in [-0.39, 0.29) is 6.61 Å². The first-order chi connectivity index (χ1) is 9.59. The van der Waals surface area contributed by atoms with Crippen LogP contribution >= 0.6 is 0 Å². The highest BCUT2D eigenvalue weighted by Gasteiger charge is 2.46. The normalized spacial score (nSPS) is 15.8. The number of aliphatic carboxylic acids is 1. The van der Waals surface area contributed by atoms with Gasteiger partial charge in [-0.15, -0.1) is 0 Å². The number of amides is 1. The summed E-state index contributed by atoms with van der Waals surface area (Å²) in [5.41, 5.74) is -0.787. The van der Waals surface area contributed by atoms with Gasteiger partial charge in [-0.05, 0) is 31.4 Å². The van der Waals surface area contributed by atoms with Gasteiger partial charge in [0.05, 0.1) is 5.56 Å². The van der Waals surface area contributed by atoms with Crippen LogP contribution in [-0.2, 0) is 4.79 Å². The second-order valence-electron chi connectivity index (χ2n) is 4.79. The van der Waals surface area contributed by atoms with Crippen molar-refractivity contribution in [2.75, 3.05) is 6.61 Å². The van der Waals surface area contributed by atoms with Crippen molar-refractivity contribution in [2.24, 2.45) is 0 Å². The maximum absolute atomic E-state index is 12.3. The lowest BCUT2D eigenvalue weighted by molar-refractivity contribution is -0.148. The van der Waals surface area contributed by atoms with Gasteiger partial charge in [0.2, 0.25) is 0 Å². The fraction of sp³-hybridized carbons (Fsp3) is 0.333. The van der Waals surface area contributed by atoms with Gasteiger partial charge in [0.25, 0.3) is 5.91 Å². The van der Waals surface area contributed by atoms with Crippen LogP contribution in [0, 0.1) is 0 Å². The van der Waals surface area contributed by atoms with Gasteiger partial charge >= 0.3 is 5.97 Å². The second-order valence-corrected chi connectivity index (χ2v) is 4.79. The van der Waals surface area contributed by atoms with Crippen LogP contribution in [0.4, 0.5) is 0 Å². The lowest BCUT2D eigenvalue weighted by atomic mass is 9.76. The van der Waals surface area contributed by atoms with Crippen LogP contribution in [0.2, 0.25) is 0 Å². The van der Waals surface area contributed by atoms with Crippen molar-refractivity contribution in [2.45, 2.75) is 24.8 Å². The highest BCUT2D eigenvalue weighted by molar-refractivity contribution is 6.00. The molecular formula is C15H17NO4. The molecule has 1 aromatic rings. The molecule has 0 heterocycles. The van der Waals surface area contributed by atoms with Crippen LogP contribution in [0.1, 0.15) is 29.6 Å². The molecule has 0 unspecified atom stereocenters. The second kappa shape index (κ2) is 5.77. The van der Waals surface area contributed by atoms with Crippen LogP contribution in [-0.4, -0.2) is 29.1 Å². The SMILES string of the molecule is C=CCOc1ccccc1C(=O)NC1(C(=O)O)CCC1. The fourth-order valence-corrected chi connectivity index (χ4v) is 2.14. The first kappa shape index (κ1) is 14.1. The van der Waals surface area contributed by atoms with Crippen molar-refractivity contribution >= 4 is 11.9 Å². The minimum Gasteiger partial charge on any atom is -0.489 e. The molecular weight excluding hydrogens is 258 g/mol. The zero-order valence-electron chi connectivity index (χ0n) is 11.1. The molecule has 1 aliphatic carbocycles. The van der Waals surface area contributed by atoms with E-state index in [1.54, 1.807) is 30.3 Å². The number of para-hydroxylation sites is 1. The lowest BCUT2D eigenvalue weighted by Crippen LogP contribution is -2.59. The van der Waals surface area contributed by atoms with E-state index >= 15 is 0 Å². The van der Waals surface area contributed by atoms with Gasteiger partial charge in [-0.1, -0.05) is 24.8 Å². The van der Waals surface area contributed by atoms with Crippen molar-refractivity contribution in [1.82, 2.24) is 5.32 Å². The third kappa shape index (κ3) is 2.66. The Bertz CT molecular complexity index is 534. The summed E-state index contributed by atoms with van der Waals surface area (Å²) < 4.78 is 5.41. The van der Waals surface area contributed by atoms with E-state index in [4.69, 9.17) is 4.74 Å². The van der Waals surface area contributed by atoms with Gasteiger partial charge in [0.1, 0.15) is 17.9 Å². The van der Waals surface area contributed by atoms with Gasteiger partial charge in [-0.2, -0.15) is 0 Å². The highest BCUT2D eigenvalue weighted by Crippen LogP contribution is 2.33. The maximum Gasteiger partial charge on any atom is 0.329 e. The first-order valence-electron chi connectivity index (χ1n) is 6.48. The molecule has 2 rings (SSSR count). The summed E-state index contributed by atoms with van der Waals surface area (Å²) in [6.45, 7) is 3.84. The molecule has 106 valence electrons. The molecule has 0 saturated heterocycles. The van der Waals surface area contributed by atoms with E-state index in [0.29, 0.717) is 24.2 Å². The van der Waals surface area contributed by atoms with Crippen LogP contribution in [0.15, 0.2) is 36.9 Å². The molecule has 0 spiro atoms. The Balaban J connectivity index is 2.16. The quantitative estimate of drug-likeness (QED) is 0.778. The van der Waals surface area contributed by atoms with Crippen molar-refractivity contribution in [1.29, 1.82) is 0 Å². The van der Waals surface area contributed by atoms with E-state index in [2.05, 4.69) is 11.9 Å². The number of carbonyl (C=O) groups is 2. The molecule has 1 aliphatic rings. The Labute approximate surface area is 117 Å². The molecule has 0 bridgehead atoms. The predicted molar refractivity (Wildman–Crippen MR) is 73.8 cm³/mol. The maximum atomic E-state index is 12.3. The molecule has 1 aromatic carbocycles. The summed E-state index contributed by atoms with van der Waals surface area (Å²) in [5.74, 6) is -0.988.